The van der Waals surface area contributed by atoms with Gasteiger partial charge in [-0.1, -0.05) is 45.2 Å². The summed E-state index contributed by atoms with van der Waals surface area (Å²) in [4.78, 5) is 24.3. The minimum absolute atomic E-state index is 0.00991. The Labute approximate surface area is 167 Å². The maximum atomic E-state index is 12.7. The van der Waals surface area contributed by atoms with Crippen LogP contribution >= 0.6 is 0 Å². The summed E-state index contributed by atoms with van der Waals surface area (Å²) in [5.74, 6) is 0.371. The van der Waals surface area contributed by atoms with Crippen LogP contribution in [0.1, 0.15) is 62.7 Å². The molecule has 0 heterocycles. The quantitative estimate of drug-likeness (QED) is 0.494. The fraction of sp³-hybridized carbons (Fsp3) is 0.391. The summed E-state index contributed by atoms with van der Waals surface area (Å²) < 4.78 is 5.82. The Hall–Kier alpha value is -2.82. The van der Waals surface area contributed by atoms with Crippen LogP contribution in [-0.2, 0) is 4.79 Å². The molecule has 0 unspecified atom stereocenters. The second kappa shape index (κ2) is 11.8. The third-order valence-corrected chi connectivity index (χ3v) is 4.29. The van der Waals surface area contributed by atoms with Crippen LogP contribution in [0.3, 0.4) is 0 Å². The van der Waals surface area contributed by atoms with Crippen LogP contribution in [0.5, 0.6) is 5.75 Å². The van der Waals surface area contributed by atoms with Gasteiger partial charge in [-0.3, -0.25) is 9.59 Å². The third-order valence-electron chi connectivity index (χ3n) is 4.29. The van der Waals surface area contributed by atoms with Crippen molar-refractivity contribution in [1.29, 1.82) is 0 Å². The van der Waals surface area contributed by atoms with E-state index in [-0.39, 0.29) is 11.8 Å². The molecule has 2 N–H and O–H groups in total. The lowest BCUT2D eigenvalue weighted by Gasteiger charge is -2.12. The fourth-order valence-electron chi connectivity index (χ4n) is 2.78. The minimum atomic E-state index is -0.216. The molecule has 2 aromatic carbocycles. The summed E-state index contributed by atoms with van der Waals surface area (Å²) in [7, 11) is 0. The predicted octanol–water partition coefficient (Wildman–Crippen LogP) is 5.64. The Bertz CT molecular complexity index is 757. The van der Waals surface area contributed by atoms with Gasteiger partial charge < -0.3 is 15.4 Å². The summed E-state index contributed by atoms with van der Waals surface area (Å²) in [5, 5.41) is 5.71. The number of carbonyl (C=O) groups is 2. The highest BCUT2D eigenvalue weighted by atomic mass is 16.5. The van der Waals surface area contributed by atoms with Gasteiger partial charge in [-0.25, -0.2) is 0 Å². The highest BCUT2D eigenvalue weighted by Crippen LogP contribution is 2.21. The molecule has 0 aromatic heterocycles. The van der Waals surface area contributed by atoms with Crippen molar-refractivity contribution in [3.8, 4) is 5.75 Å². The van der Waals surface area contributed by atoms with Crippen molar-refractivity contribution in [2.75, 3.05) is 17.2 Å². The normalized spacial score (nSPS) is 10.4. The van der Waals surface area contributed by atoms with E-state index in [9.17, 15) is 9.59 Å². The molecule has 2 aromatic rings. The van der Waals surface area contributed by atoms with Crippen molar-refractivity contribution >= 4 is 23.2 Å². The van der Waals surface area contributed by atoms with Crippen LogP contribution in [0.2, 0.25) is 0 Å². The van der Waals surface area contributed by atoms with Crippen LogP contribution in [-0.4, -0.2) is 18.4 Å². The van der Waals surface area contributed by atoms with Gasteiger partial charge in [-0.15, -0.1) is 0 Å². The lowest BCUT2D eigenvalue weighted by molar-refractivity contribution is -0.116. The molecule has 0 fully saturated rings. The molecule has 0 aliphatic carbocycles. The topological polar surface area (TPSA) is 67.4 Å². The van der Waals surface area contributed by atoms with E-state index in [0.717, 1.165) is 19.3 Å². The van der Waals surface area contributed by atoms with Gasteiger partial charge in [0, 0.05) is 17.8 Å². The molecule has 2 amide bonds. The third kappa shape index (κ3) is 7.06. The molecule has 150 valence electrons. The zero-order valence-electron chi connectivity index (χ0n) is 16.8. The van der Waals surface area contributed by atoms with Gasteiger partial charge in [0.25, 0.3) is 5.91 Å². The molecule has 0 bridgehead atoms. The Morgan fingerprint density at radius 2 is 1.50 bits per heavy atom. The average Bonchev–Trinajstić information content (AvgIpc) is 2.70. The van der Waals surface area contributed by atoms with E-state index in [1.807, 2.05) is 25.1 Å². The molecule has 0 spiro atoms. The first kappa shape index (κ1) is 21.5. The zero-order chi connectivity index (χ0) is 20.2. The second-order valence-corrected chi connectivity index (χ2v) is 6.73. The number of amides is 2. The van der Waals surface area contributed by atoms with E-state index in [4.69, 9.17) is 4.74 Å². The van der Waals surface area contributed by atoms with Crippen LogP contribution in [0.15, 0.2) is 48.5 Å². The van der Waals surface area contributed by atoms with Gasteiger partial charge in [-0.05, 0) is 49.2 Å². The molecular weight excluding hydrogens is 352 g/mol. The molecular formula is C23H30N2O3. The van der Waals surface area contributed by atoms with Crippen LogP contribution < -0.4 is 15.4 Å². The fourth-order valence-corrected chi connectivity index (χ4v) is 2.78. The average molecular weight is 383 g/mol. The van der Waals surface area contributed by atoms with Gasteiger partial charge >= 0.3 is 0 Å². The summed E-state index contributed by atoms with van der Waals surface area (Å²) in [6, 6.07) is 14.4. The lowest BCUT2D eigenvalue weighted by Crippen LogP contribution is -2.14. The minimum Gasteiger partial charge on any atom is -0.493 e. The van der Waals surface area contributed by atoms with Gasteiger partial charge in [0.15, 0.2) is 0 Å². The number of unbranched alkanes of at least 4 members (excludes halogenated alkanes) is 3. The highest BCUT2D eigenvalue weighted by Gasteiger charge is 2.12. The van der Waals surface area contributed by atoms with Crippen LogP contribution in [0.4, 0.5) is 11.4 Å². The molecule has 5 nitrogen and oxygen atoms in total. The van der Waals surface area contributed by atoms with E-state index in [1.165, 1.54) is 12.8 Å². The van der Waals surface area contributed by atoms with Crippen molar-refractivity contribution in [2.45, 2.75) is 52.4 Å². The first-order chi connectivity index (χ1) is 13.6. The number of nitrogens with one attached hydrogen (secondary N) is 2. The number of carbonyl (C=O) groups excluding carboxylic acids is 2. The summed E-state index contributed by atoms with van der Waals surface area (Å²) >= 11 is 0. The first-order valence-corrected chi connectivity index (χ1v) is 10.1. The van der Waals surface area contributed by atoms with E-state index in [1.54, 1.807) is 30.3 Å². The molecule has 0 saturated heterocycles. The summed E-state index contributed by atoms with van der Waals surface area (Å²) in [6.45, 7) is 4.74. The lowest BCUT2D eigenvalue weighted by atomic mass is 10.1. The van der Waals surface area contributed by atoms with E-state index < -0.39 is 0 Å². The Kier molecular flexibility index (Phi) is 9.05. The number of rotatable bonds is 11. The van der Waals surface area contributed by atoms with Crippen molar-refractivity contribution < 1.29 is 14.3 Å². The van der Waals surface area contributed by atoms with E-state index in [0.29, 0.717) is 35.7 Å². The monoisotopic (exact) mass is 382 g/mol. The Morgan fingerprint density at radius 3 is 2.18 bits per heavy atom. The zero-order valence-corrected chi connectivity index (χ0v) is 16.8. The second-order valence-electron chi connectivity index (χ2n) is 6.73. The number of para-hydroxylation sites is 1. The number of hydrogen-bond acceptors (Lipinski definition) is 3. The maximum absolute atomic E-state index is 12.7. The van der Waals surface area contributed by atoms with Gasteiger partial charge in [-0.2, -0.15) is 0 Å². The number of benzene rings is 2. The van der Waals surface area contributed by atoms with Gasteiger partial charge in [0.1, 0.15) is 5.75 Å². The van der Waals surface area contributed by atoms with Crippen LogP contribution in [0.25, 0.3) is 0 Å². The SMILES string of the molecule is CCCCCCOc1ccccc1C(=O)Nc1ccc(NC(=O)CCC)cc1. The Morgan fingerprint density at radius 1 is 0.821 bits per heavy atom. The molecule has 28 heavy (non-hydrogen) atoms. The standard InChI is InChI=1S/C23H30N2O3/c1-3-5-6-9-17-28-21-12-8-7-11-20(21)23(27)25-19-15-13-18(14-16-19)24-22(26)10-4-2/h7-8,11-16H,3-6,9-10,17H2,1-2H3,(H,24,26)(H,25,27). The highest BCUT2D eigenvalue weighted by molar-refractivity contribution is 6.06. The number of hydrogen-bond donors (Lipinski definition) is 2. The van der Waals surface area contributed by atoms with E-state index in [2.05, 4.69) is 17.6 Å². The van der Waals surface area contributed by atoms with Crippen molar-refractivity contribution in [1.82, 2.24) is 0 Å². The molecule has 0 atom stereocenters. The smallest absolute Gasteiger partial charge is 0.259 e. The molecule has 0 radical (unpaired) electrons. The van der Waals surface area contributed by atoms with Crippen LogP contribution in [0, 0.1) is 0 Å². The van der Waals surface area contributed by atoms with Gasteiger partial charge in [0.05, 0.1) is 12.2 Å². The molecule has 0 aliphatic rings. The number of anilines is 2. The largest absolute Gasteiger partial charge is 0.493 e. The molecule has 5 heteroatoms. The maximum Gasteiger partial charge on any atom is 0.259 e. The summed E-state index contributed by atoms with van der Waals surface area (Å²) in [6.07, 6.45) is 5.79. The van der Waals surface area contributed by atoms with Gasteiger partial charge in [0.2, 0.25) is 5.91 Å². The van der Waals surface area contributed by atoms with E-state index >= 15 is 0 Å². The summed E-state index contributed by atoms with van der Waals surface area (Å²) in [5.41, 5.74) is 1.89. The number of ether oxygens (including phenoxy) is 1. The molecule has 0 saturated carbocycles. The van der Waals surface area contributed by atoms with Crippen molar-refractivity contribution in [2.24, 2.45) is 0 Å². The predicted molar refractivity (Wildman–Crippen MR) is 114 cm³/mol. The Balaban J connectivity index is 1.94. The first-order valence-electron chi connectivity index (χ1n) is 10.1. The molecule has 2 rings (SSSR count). The molecule has 0 aliphatic heterocycles. The van der Waals surface area contributed by atoms with Crippen molar-refractivity contribution in [3.05, 3.63) is 54.1 Å². The van der Waals surface area contributed by atoms with Crippen molar-refractivity contribution in [3.63, 3.8) is 0 Å².